The predicted octanol–water partition coefficient (Wildman–Crippen LogP) is 5.19. The molecule has 4 aromatic rings. The second kappa shape index (κ2) is 7.64. The maximum absolute atomic E-state index is 9.12. The van der Waals surface area contributed by atoms with Crippen LogP contribution >= 0.6 is 0 Å². The van der Waals surface area contributed by atoms with Crippen molar-refractivity contribution in [3.8, 4) is 17.2 Å². The number of fused-ring (bicyclic) bond motifs is 1. The van der Waals surface area contributed by atoms with Crippen LogP contribution in [0.2, 0.25) is 0 Å². The van der Waals surface area contributed by atoms with Gasteiger partial charge in [0.15, 0.2) is 0 Å². The van der Waals surface area contributed by atoms with E-state index in [0.717, 1.165) is 53.8 Å². The highest BCUT2D eigenvalue weighted by Gasteiger charge is 2.25. The van der Waals surface area contributed by atoms with Gasteiger partial charge in [0.1, 0.15) is 11.0 Å². The molecule has 30 heavy (non-hydrogen) atoms. The van der Waals surface area contributed by atoms with Gasteiger partial charge in [-0.15, -0.1) is 0 Å². The Balaban J connectivity index is 1.46. The Bertz CT molecular complexity index is 1210. The quantitative estimate of drug-likeness (QED) is 0.520. The van der Waals surface area contributed by atoms with Gasteiger partial charge >= 0.3 is 0 Å². The number of hydrogen-bond acceptors (Lipinski definition) is 4. The minimum atomic E-state index is 0.400. The molecule has 0 aliphatic carbocycles. The van der Waals surface area contributed by atoms with Crippen molar-refractivity contribution in [2.75, 3.05) is 18.0 Å². The second-order valence-electron chi connectivity index (χ2n) is 8.00. The number of aromatic nitrogens is 3. The summed E-state index contributed by atoms with van der Waals surface area (Å²) in [6, 6.07) is 20.9. The van der Waals surface area contributed by atoms with Gasteiger partial charge in [-0.05, 0) is 55.7 Å². The molecule has 1 aliphatic heterocycles. The number of H-pyrrole nitrogens is 1. The number of pyridine rings is 1. The minimum Gasteiger partial charge on any atom is -0.371 e. The number of nitrogens with zero attached hydrogens (tertiary/aromatic N) is 4. The third-order valence-electron chi connectivity index (χ3n) is 6.05. The second-order valence-corrected chi connectivity index (χ2v) is 8.00. The lowest BCUT2D eigenvalue weighted by Gasteiger charge is -2.34. The van der Waals surface area contributed by atoms with Gasteiger partial charge in [0.05, 0.1) is 17.3 Å². The third-order valence-corrected chi connectivity index (χ3v) is 6.05. The van der Waals surface area contributed by atoms with Gasteiger partial charge in [-0.25, -0.2) is 4.98 Å². The van der Waals surface area contributed by atoms with Crippen LogP contribution in [-0.4, -0.2) is 28.3 Å². The molecule has 0 radical (unpaired) electrons. The molecular weight excluding hydrogens is 370 g/mol. The molecule has 0 atom stereocenters. The number of piperidine rings is 1. The molecule has 5 nitrogen and oxygen atoms in total. The van der Waals surface area contributed by atoms with Crippen LogP contribution < -0.4 is 4.90 Å². The molecule has 1 N–H and O–H groups in total. The summed E-state index contributed by atoms with van der Waals surface area (Å²) in [5, 5.41) is 16.4. The molecule has 2 aromatic heterocycles. The highest BCUT2D eigenvalue weighted by Crippen LogP contribution is 2.36. The highest BCUT2D eigenvalue weighted by atomic mass is 15.1. The summed E-state index contributed by atoms with van der Waals surface area (Å²) in [6.45, 7) is 4.16. The van der Waals surface area contributed by atoms with Crippen LogP contribution in [-0.2, 0) is 0 Å². The Labute approximate surface area is 176 Å². The van der Waals surface area contributed by atoms with Gasteiger partial charge < -0.3 is 4.90 Å². The standard InChI is InChI=1S/C25H23N5/c1-17-2-8-21(9-3-17)30-12-10-20(11-13-30)25-22(14-23-24(28-25)16-27-29-23)19-6-4-18(15-26)5-7-19/h2-9,14,16,20H,10-13H2,1H3,(H,27,29). The van der Waals surface area contributed by atoms with Crippen LogP contribution in [0.5, 0.6) is 0 Å². The van der Waals surface area contributed by atoms with Crippen LogP contribution in [0.25, 0.3) is 22.2 Å². The molecule has 5 rings (SSSR count). The Morgan fingerprint density at radius 1 is 1.00 bits per heavy atom. The maximum atomic E-state index is 9.12. The van der Waals surface area contributed by atoms with Crippen LogP contribution in [0, 0.1) is 18.3 Å². The summed E-state index contributed by atoms with van der Waals surface area (Å²) in [5.41, 5.74) is 8.37. The van der Waals surface area contributed by atoms with Crippen LogP contribution in [0.15, 0.2) is 60.8 Å². The van der Waals surface area contributed by atoms with E-state index in [9.17, 15) is 0 Å². The van der Waals surface area contributed by atoms with Crippen molar-refractivity contribution in [3.63, 3.8) is 0 Å². The predicted molar refractivity (Wildman–Crippen MR) is 119 cm³/mol. The summed E-state index contributed by atoms with van der Waals surface area (Å²) in [5.74, 6) is 0.400. The number of rotatable bonds is 3. The van der Waals surface area contributed by atoms with Gasteiger partial charge in [0.25, 0.3) is 0 Å². The number of aromatic amines is 1. The number of aryl methyl sites for hydroxylation is 1. The summed E-state index contributed by atoms with van der Waals surface area (Å²) in [4.78, 5) is 7.48. The number of anilines is 1. The van der Waals surface area contributed by atoms with Crippen molar-refractivity contribution in [1.29, 1.82) is 5.26 Å². The first-order valence-corrected chi connectivity index (χ1v) is 10.4. The van der Waals surface area contributed by atoms with E-state index in [-0.39, 0.29) is 0 Å². The van der Waals surface area contributed by atoms with E-state index in [1.807, 2.05) is 30.5 Å². The molecule has 0 saturated carbocycles. The van der Waals surface area contributed by atoms with Crippen molar-refractivity contribution in [2.24, 2.45) is 0 Å². The molecule has 1 aliphatic rings. The molecule has 5 heteroatoms. The number of nitriles is 1. The zero-order valence-electron chi connectivity index (χ0n) is 17.0. The monoisotopic (exact) mass is 393 g/mol. The number of benzene rings is 2. The molecule has 0 amide bonds. The van der Waals surface area contributed by atoms with E-state index >= 15 is 0 Å². The molecule has 2 aromatic carbocycles. The molecule has 3 heterocycles. The summed E-state index contributed by atoms with van der Waals surface area (Å²) < 4.78 is 0. The first-order chi connectivity index (χ1) is 14.7. The van der Waals surface area contributed by atoms with E-state index in [1.54, 1.807) is 0 Å². The summed E-state index contributed by atoms with van der Waals surface area (Å²) >= 11 is 0. The molecule has 0 bridgehead atoms. The molecule has 1 fully saturated rings. The zero-order chi connectivity index (χ0) is 20.5. The van der Waals surface area contributed by atoms with Crippen molar-refractivity contribution in [3.05, 3.63) is 77.6 Å². The topological polar surface area (TPSA) is 68.6 Å². The Morgan fingerprint density at radius 3 is 2.43 bits per heavy atom. The lowest BCUT2D eigenvalue weighted by atomic mass is 9.87. The fraction of sp³-hybridized carbons (Fsp3) is 0.240. The Morgan fingerprint density at radius 2 is 1.73 bits per heavy atom. The van der Waals surface area contributed by atoms with E-state index < -0.39 is 0 Å². The lowest BCUT2D eigenvalue weighted by molar-refractivity contribution is 0.498. The summed E-state index contributed by atoms with van der Waals surface area (Å²) in [7, 11) is 0. The van der Waals surface area contributed by atoms with Gasteiger partial charge in [-0.3, -0.25) is 5.10 Å². The number of nitrogens with one attached hydrogen (secondary N) is 1. The minimum absolute atomic E-state index is 0.400. The molecular formula is C25H23N5. The Hall–Kier alpha value is -3.65. The largest absolute Gasteiger partial charge is 0.371 e. The highest BCUT2D eigenvalue weighted by molar-refractivity contribution is 5.82. The SMILES string of the molecule is Cc1ccc(N2CCC(c3nc4c[nH]nc4cc3-c3ccc(C#N)cc3)CC2)cc1. The van der Waals surface area contributed by atoms with E-state index in [0.29, 0.717) is 11.5 Å². The van der Waals surface area contributed by atoms with Crippen LogP contribution in [0.3, 0.4) is 0 Å². The molecule has 148 valence electrons. The average molecular weight is 393 g/mol. The molecule has 0 spiro atoms. The summed E-state index contributed by atoms with van der Waals surface area (Å²) in [6.07, 6.45) is 3.99. The van der Waals surface area contributed by atoms with Gasteiger partial charge in [-0.1, -0.05) is 29.8 Å². The van der Waals surface area contributed by atoms with Crippen LogP contribution in [0.1, 0.15) is 35.6 Å². The van der Waals surface area contributed by atoms with E-state index in [1.165, 1.54) is 11.3 Å². The van der Waals surface area contributed by atoms with Gasteiger partial charge in [0.2, 0.25) is 0 Å². The fourth-order valence-corrected chi connectivity index (χ4v) is 4.32. The van der Waals surface area contributed by atoms with Crippen molar-refractivity contribution in [1.82, 2.24) is 15.2 Å². The maximum Gasteiger partial charge on any atom is 0.111 e. The normalized spacial score (nSPS) is 14.7. The van der Waals surface area contributed by atoms with E-state index in [2.05, 4.69) is 58.4 Å². The number of hydrogen-bond donors (Lipinski definition) is 1. The zero-order valence-corrected chi connectivity index (χ0v) is 17.0. The average Bonchev–Trinajstić information content (AvgIpc) is 3.27. The first kappa shape index (κ1) is 18.4. The van der Waals surface area contributed by atoms with Crippen molar-refractivity contribution >= 4 is 16.7 Å². The van der Waals surface area contributed by atoms with Crippen LogP contribution in [0.4, 0.5) is 5.69 Å². The molecule has 1 saturated heterocycles. The fourth-order valence-electron chi connectivity index (χ4n) is 4.32. The van der Waals surface area contributed by atoms with Crippen molar-refractivity contribution < 1.29 is 0 Å². The third kappa shape index (κ3) is 3.42. The first-order valence-electron chi connectivity index (χ1n) is 10.4. The smallest absolute Gasteiger partial charge is 0.111 e. The van der Waals surface area contributed by atoms with Gasteiger partial charge in [0, 0.05) is 36.5 Å². The van der Waals surface area contributed by atoms with Crippen molar-refractivity contribution in [2.45, 2.75) is 25.7 Å². The Kier molecular flexibility index (Phi) is 4.68. The lowest BCUT2D eigenvalue weighted by Crippen LogP contribution is -2.33. The van der Waals surface area contributed by atoms with Gasteiger partial charge in [-0.2, -0.15) is 10.4 Å². The van der Waals surface area contributed by atoms with E-state index in [4.69, 9.17) is 10.2 Å². The molecule has 0 unspecified atom stereocenters.